The van der Waals surface area contributed by atoms with Crippen molar-refractivity contribution < 1.29 is 27.2 Å². The number of carboxylic acid groups (broad SMARTS) is 1. The summed E-state index contributed by atoms with van der Waals surface area (Å²) in [7, 11) is -3.53. The highest BCUT2D eigenvalue weighted by molar-refractivity contribution is 7.85. The van der Waals surface area contributed by atoms with Gasteiger partial charge in [-0.2, -0.15) is 13.5 Å². The zero-order chi connectivity index (χ0) is 13.3. The third kappa shape index (κ3) is 2.79. The second-order valence-corrected chi connectivity index (χ2v) is 5.54. The molecular formula is C9H12N2O6S. The van der Waals surface area contributed by atoms with Crippen molar-refractivity contribution in [3.63, 3.8) is 0 Å². The third-order valence-electron chi connectivity index (χ3n) is 2.44. The average molecular weight is 276 g/mol. The summed E-state index contributed by atoms with van der Waals surface area (Å²) in [5.41, 5.74) is -0.142. The molecule has 0 fully saturated rings. The lowest BCUT2D eigenvalue weighted by molar-refractivity contribution is 0.0688. The molecule has 0 saturated heterocycles. The summed E-state index contributed by atoms with van der Waals surface area (Å²) in [6.07, 6.45) is 1.46. The Bertz CT molecular complexity index is 564. The molecule has 0 aromatic carbocycles. The molecule has 1 atom stereocenters. The van der Waals surface area contributed by atoms with Crippen molar-refractivity contribution in [2.75, 3.05) is 19.5 Å². The maximum absolute atomic E-state index is 10.9. The number of carbonyl (C=O) groups is 1. The van der Waals surface area contributed by atoms with Crippen LogP contribution in [-0.4, -0.2) is 48.7 Å². The molecule has 1 aromatic heterocycles. The van der Waals surface area contributed by atoms with Gasteiger partial charge in [0.15, 0.2) is 5.69 Å². The highest BCUT2D eigenvalue weighted by atomic mass is 32.2. The van der Waals surface area contributed by atoms with E-state index < -0.39 is 16.1 Å². The molecule has 2 rings (SSSR count). The molecule has 9 heteroatoms. The number of rotatable bonds is 4. The molecule has 1 N–H and O–H groups in total. The Labute approximate surface area is 103 Å². The maximum atomic E-state index is 10.9. The molecule has 0 saturated carbocycles. The van der Waals surface area contributed by atoms with Crippen LogP contribution in [0.3, 0.4) is 0 Å². The van der Waals surface area contributed by atoms with Gasteiger partial charge in [-0.05, 0) is 0 Å². The van der Waals surface area contributed by atoms with Gasteiger partial charge in [0.2, 0.25) is 5.88 Å². The maximum Gasteiger partial charge on any atom is 0.356 e. The van der Waals surface area contributed by atoms with E-state index >= 15 is 0 Å². The minimum absolute atomic E-state index is 0.0874. The van der Waals surface area contributed by atoms with Gasteiger partial charge in [0.25, 0.3) is 10.1 Å². The van der Waals surface area contributed by atoms with Gasteiger partial charge in [0.05, 0.1) is 25.5 Å². The molecule has 1 aliphatic heterocycles. The monoisotopic (exact) mass is 276 g/mol. The van der Waals surface area contributed by atoms with Crippen LogP contribution >= 0.6 is 0 Å². The summed E-state index contributed by atoms with van der Waals surface area (Å²) in [6, 6.07) is 0.950. The Morgan fingerprint density at radius 3 is 3.06 bits per heavy atom. The normalized spacial score (nSPS) is 19.1. The average Bonchev–Trinajstić information content (AvgIpc) is 2.69. The minimum atomic E-state index is -3.53. The van der Waals surface area contributed by atoms with E-state index in [-0.39, 0.29) is 18.3 Å². The lowest BCUT2D eigenvalue weighted by atomic mass is 10.2. The Kier molecular flexibility index (Phi) is 3.26. The van der Waals surface area contributed by atoms with Crippen LogP contribution in [0.5, 0.6) is 5.88 Å². The van der Waals surface area contributed by atoms with Gasteiger partial charge in [-0.3, -0.25) is 4.18 Å². The van der Waals surface area contributed by atoms with Gasteiger partial charge in [0, 0.05) is 12.5 Å². The smallest absolute Gasteiger partial charge is 0.356 e. The first kappa shape index (κ1) is 12.8. The first-order chi connectivity index (χ1) is 8.37. The fraction of sp³-hybridized carbons (Fsp3) is 0.556. The molecule has 0 spiro atoms. The summed E-state index contributed by atoms with van der Waals surface area (Å²) in [4.78, 5) is 10.8. The van der Waals surface area contributed by atoms with Crippen LogP contribution in [0.4, 0.5) is 0 Å². The number of carboxylic acids is 1. The van der Waals surface area contributed by atoms with Crippen LogP contribution in [0, 0.1) is 0 Å². The van der Waals surface area contributed by atoms with Gasteiger partial charge in [-0.1, -0.05) is 0 Å². The largest absolute Gasteiger partial charge is 0.478 e. The van der Waals surface area contributed by atoms with Crippen LogP contribution in [-0.2, 0) is 14.3 Å². The summed E-state index contributed by atoms with van der Waals surface area (Å²) in [5.74, 6) is -0.857. The molecule has 18 heavy (non-hydrogen) atoms. The van der Waals surface area contributed by atoms with Crippen molar-refractivity contribution in [3.05, 3.63) is 11.8 Å². The first-order valence-corrected chi connectivity index (χ1v) is 6.98. The Morgan fingerprint density at radius 2 is 2.44 bits per heavy atom. The van der Waals surface area contributed by atoms with Crippen molar-refractivity contribution >= 4 is 16.1 Å². The third-order valence-corrected chi connectivity index (χ3v) is 3.01. The van der Waals surface area contributed by atoms with E-state index in [1.807, 2.05) is 0 Å². The highest BCUT2D eigenvalue weighted by Gasteiger charge is 2.26. The summed E-state index contributed by atoms with van der Waals surface area (Å²) in [6.45, 7) is 0.276. The fourth-order valence-corrected chi connectivity index (χ4v) is 2.03. The molecule has 2 heterocycles. The van der Waals surface area contributed by atoms with Crippen molar-refractivity contribution in [3.8, 4) is 5.88 Å². The second kappa shape index (κ2) is 4.58. The molecular weight excluding hydrogens is 264 g/mol. The molecule has 0 amide bonds. The Hall–Kier alpha value is -1.61. The molecule has 0 radical (unpaired) electrons. The summed E-state index contributed by atoms with van der Waals surface area (Å²) in [5, 5.41) is 12.7. The zero-order valence-electron chi connectivity index (χ0n) is 9.57. The number of aromatic nitrogens is 2. The lowest BCUT2D eigenvalue weighted by Crippen LogP contribution is -2.26. The number of aromatic carboxylic acids is 1. The van der Waals surface area contributed by atoms with E-state index in [1.165, 1.54) is 10.7 Å². The predicted molar refractivity (Wildman–Crippen MR) is 59.1 cm³/mol. The molecule has 8 nitrogen and oxygen atoms in total. The van der Waals surface area contributed by atoms with Crippen molar-refractivity contribution in [1.29, 1.82) is 0 Å². The van der Waals surface area contributed by atoms with Crippen LogP contribution in [0.25, 0.3) is 0 Å². The van der Waals surface area contributed by atoms with Crippen LogP contribution in [0.2, 0.25) is 0 Å². The highest BCUT2D eigenvalue weighted by Crippen LogP contribution is 2.26. The summed E-state index contributed by atoms with van der Waals surface area (Å²) >= 11 is 0. The quantitative estimate of drug-likeness (QED) is 0.764. The van der Waals surface area contributed by atoms with Crippen LogP contribution in [0.15, 0.2) is 6.07 Å². The van der Waals surface area contributed by atoms with Crippen molar-refractivity contribution in [1.82, 2.24) is 9.78 Å². The van der Waals surface area contributed by atoms with E-state index in [1.54, 1.807) is 0 Å². The van der Waals surface area contributed by atoms with Crippen molar-refractivity contribution in [2.24, 2.45) is 0 Å². The molecule has 0 bridgehead atoms. The van der Waals surface area contributed by atoms with Gasteiger partial charge >= 0.3 is 5.97 Å². The number of nitrogens with zero attached hydrogens (tertiary/aromatic N) is 2. The molecule has 1 aromatic rings. The number of hydrogen-bond donors (Lipinski definition) is 1. The number of hydrogen-bond acceptors (Lipinski definition) is 6. The molecule has 1 unspecified atom stereocenters. The molecule has 0 aliphatic carbocycles. The summed E-state index contributed by atoms with van der Waals surface area (Å²) < 4.78 is 33.1. The molecule has 1 aliphatic rings. The van der Waals surface area contributed by atoms with E-state index in [2.05, 4.69) is 5.10 Å². The fourth-order valence-electron chi connectivity index (χ4n) is 1.63. The zero-order valence-corrected chi connectivity index (χ0v) is 10.4. The van der Waals surface area contributed by atoms with Gasteiger partial charge in [0.1, 0.15) is 0 Å². The van der Waals surface area contributed by atoms with E-state index in [0.717, 1.165) is 6.26 Å². The van der Waals surface area contributed by atoms with E-state index in [4.69, 9.17) is 14.0 Å². The van der Waals surface area contributed by atoms with Crippen LogP contribution < -0.4 is 4.74 Å². The topological polar surface area (TPSA) is 108 Å². The van der Waals surface area contributed by atoms with Crippen molar-refractivity contribution in [2.45, 2.75) is 12.5 Å². The Morgan fingerprint density at radius 1 is 1.72 bits per heavy atom. The SMILES string of the molecule is CS(=O)(=O)OCC1CCOc2cc(C(=O)O)nn21. The Balaban J connectivity index is 2.19. The minimum Gasteiger partial charge on any atom is -0.478 e. The standard InChI is InChI=1S/C9H12N2O6S/c1-18(14,15)17-5-6-2-3-16-8-4-7(9(12)13)10-11(6)8/h4,6H,2-3,5H2,1H3,(H,12,13). The van der Waals surface area contributed by atoms with E-state index in [9.17, 15) is 13.2 Å². The van der Waals surface area contributed by atoms with Gasteiger partial charge in [-0.25, -0.2) is 9.48 Å². The van der Waals surface area contributed by atoms with Gasteiger partial charge in [-0.15, -0.1) is 0 Å². The first-order valence-electron chi connectivity index (χ1n) is 5.17. The van der Waals surface area contributed by atoms with E-state index in [0.29, 0.717) is 18.9 Å². The second-order valence-electron chi connectivity index (χ2n) is 3.90. The molecule has 100 valence electrons. The number of ether oxygens (including phenoxy) is 1. The van der Waals surface area contributed by atoms with Gasteiger partial charge < -0.3 is 9.84 Å². The lowest BCUT2D eigenvalue weighted by Gasteiger charge is -2.23. The van der Waals surface area contributed by atoms with Crippen LogP contribution in [0.1, 0.15) is 23.0 Å². The predicted octanol–water partition coefficient (Wildman–Crippen LogP) is -0.119. The number of fused-ring (bicyclic) bond motifs is 1.